The minimum absolute atomic E-state index is 0.699. The molecule has 0 aromatic carbocycles. The zero-order valence-electron chi connectivity index (χ0n) is 10.9. The van der Waals surface area contributed by atoms with E-state index < -0.39 is 0 Å². The Labute approximate surface area is 108 Å². The highest BCUT2D eigenvalue weighted by Gasteiger charge is 2.27. The Balaban J connectivity index is 1.88. The average molecular weight is 253 g/mol. The Morgan fingerprint density at radius 3 is 3.06 bits per heavy atom. The maximum atomic E-state index is 4.35. The van der Waals surface area contributed by atoms with Crippen molar-refractivity contribution in [3.8, 4) is 0 Å². The second-order valence-electron chi connectivity index (χ2n) is 4.77. The van der Waals surface area contributed by atoms with Gasteiger partial charge in [-0.2, -0.15) is 16.9 Å². The first kappa shape index (κ1) is 13.0. The van der Waals surface area contributed by atoms with Gasteiger partial charge in [-0.25, -0.2) is 0 Å². The van der Waals surface area contributed by atoms with Gasteiger partial charge in [-0.05, 0) is 43.5 Å². The molecule has 4 heteroatoms. The molecule has 1 aliphatic heterocycles. The molecule has 3 nitrogen and oxygen atoms in total. The Morgan fingerprint density at radius 2 is 2.35 bits per heavy atom. The lowest BCUT2D eigenvalue weighted by molar-refractivity contribution is 0.425. The number of aryl methyl sites for hydroxylation is 1. The Kier molecular flexibility index (Phi) is 4.92. The van der Waals surface area contributed by atoms with E-state index in [0.717, 1.165) is 19.0 Å². The molecule has 0 aliphatic carbocycles. The molecule has 2 unspecified atom stereocenters. The van der Waals surface area contributed by atoms with Gasteiger partial charge in [-0.3, -0.25) is 4.68 Å². The van der Waals surface area contributed by atoms with Gasteiger partial charge >= 0.3 is 0 Å². The van der Waals surface area contributed by atoms with Crippen molar-refractivity contribution in [1.29, 1.82) is 0 Å². The maximum absolute atomic E-state index is 4.35. The normalized spacial score (nSPS) is 24.4. The molecule has 0 saturated carbocycles. The number of rotatable bonds is 6. The lowest BCUT2D eigenvalue weighted by Gasteiger charge is -2.19. The van der Waals surface area contributed by atoms with Crippen LogP contribution >= 0.6 is 11.8 Å². The Bertz CT molecular complexity index is 337. The summed E-state index contributed by atoms with van der Waals surface area (Å²) in [5, 5.41) is 8.03. The van der Waals surface area contributed by atoms with E-state index in [2.05, 4.69) is 42.2 Å². The van der Waals surface area contributed by atoms with Crippen molar-refractivity contribution in [2.24, 2.45) is 5.92 Å². The van der Waals surface area contributed by atoms with Crippen LogP contribution in [-0.4, -0.2) is 33.9 Å². The molecule has 1 aliphatic rings. The van der Waals surface area contributed by atoms with E-state index in [1.165, 1.54) is 29.9 Å². The molecule has 17 heavy (non-hydrogen) atoms. The largest absolute Gasteiger partial charge is 0.313 e. The van der Waals surface area contributed by atoms with Crippen molar-refractivity contribution in [3.63, 3.8) is 0 Å². The summed E-state index contributed by atoms with van der Waals surface area (Å²) in [5.74, 6) is 3.34. The van der Waals surface area contributed by atoms with E-state index in [0.29, 0.717) is 6.04 Å². The van der Waals surface area contributed by atoms with Crippen molar-refractivity contribution in [3.05, 3.63) is 18.0 Å². The summed E-state index contributed by atoms with van der Waals surface area (Å²) >= 11 is 2.08. The number of nitrogens with zero attached hydrogens (tertiary/aromatic N) is 2. The van der Waals surface area contributed by atoms with Crippen LogP contribution in [0.25, 0.3) is 0 Å². The molecule has 0 bridgehead atoms. The predicted octanol–water partition coefficient (Wildman–Crippen LogP) is 2.18. The molecule has 0 amide bonds. The monoisotopic (exact) mass is 253 g/mol. The van der Waals surface area contributed by atoms with E-state index in [1.54, 1.807) is 0 Å². The summed E-state index contributed by atoms with van der Waals surface area (Å²) in [6.45, 7) is 6.48. The topological polar surface area (TPSA) is 29.9 Å². The number of thioether (sulfide) groups is 1. The molecule has 96 valence electrons. The highest BCUT2D eigenvalue weighted by Crippen LogP contribution is 2.27. The zero-order chi connectivity index (χ0) is 12.1. The van der Waals surface area contributed by atoms with Crippen LogP contribution in [0.4, 0.5) is 0 Å². The molecule has 1 aromatic rings. The number of hydrogen-bond acceptors (Lipinski definition) is 3. The standard InChI is InChI=1S/C13H23N3S/c1-3-5-14-13-10-17-9-12(13)6-11-7-15-16(4-2)8-11/h7-8,12-14H,3-6,9-10H2,1-2H3. The first-order chi connectivity index (χ1) is 8.33. The summed E-state index contributed by atoms with van der Waals surface area (Å²) in [5.41, 5.74) is 1.39. The Hall–Kier alpha value is -0.480. The van der Waals surface area contributed by atoms with Crippen LogP contribution in [0.15, 0.2) is 12.4 Å². The quantitative estimate of drug-likeness (QED) is 0.843. The summed E-state index contributed by atoms with van der Waals surface area (Å²) in [6.07, 6.45) is 6.62. The van der Waals surface area contributed by atoms with Crippen LogP contribution in [0.3, 0.4) is 0 Å². The third-order valence-electron chi connectivity index (χ3n) is 3.36. The molecule has 2 atom stereocenters. The number of hydrogen-bond donors (Lipinski definition) is 1. The third-order valence-corrected chi connectivity index (χ3v) is 4.62. The van der Waals surface area contributed by atoms with Crippen LogP contribution in [0.1, 0.15) is 25.8 Å². The molecule has 1 saturated heterocycles. The van der Waals surface area contributed by atoms with E-state index in [1.807, 2.05) is 10.9 Å². The van der Waals surface area contributed by atoms with Gasteiger partial charge in [0.05, 0.1) is 6.20 Å². The van der Waals surface area contributed by atoms with Crippen molar-refractivity contribution in [2.45, 2.75) is 39.3 Å². The fourth-order valence-electron chi connectivity index (χ4n) is 2.34. The van der Waals surface area contributed by atoms with Crippen molar-refractivity contribution in [2.75, 3.05) is 18.1 Å². The maximum Gasteiger partial charge on any atom is 0.0521 e. The first-order valence-corrected chi connectivity index (χ1v) is 7.81. The van der Waals surface area contributed by atoms with Crippen LogP contribution in [0.5, 0.6) is 0 Å². The molecule has 0 spiro atoms. The van der Waals surface area contributed by atoms with Gasteiger partial charge in [0.15, 0.2) is 0 Å². The lowest BCUT2D eigenvalue weighted by atomic mass is 9.96. The molecule has 1 N–H and O–H groups in total. The van der Waals surface area contributed by atoms with Gasteiger partial charge in [0.2, 0.25) is 0 Å². The van der Waals surface area contributed by atoms with Gasteiger partial charge < -0.3 is 5.32 Å². The second kappa shape index (κ2) is 6.45. The van der Waals surface area contributed by atoms with E-state index >= 15 is 0 Å². The number of aromatic nitrogens is 2. The summed E-state index contributed by atoms with van der Waals surface area (Å²) < 4.78 is 2.02. The molecule has 1 aromatic heterocycles. The molecule has 0 radical (unpaired) electrons. The van der Waals surface area contributed by atoms with Gasteiger partial charge in [0, 0.05) is 24.5 Å². The van der Waals surface area contributed by atoms with Crippen LogP contribution < -0.4 is 5.32 Å². The fraction of sp³-hybridized carbons (Fsp3) is 0.769. The smallest absolute Gasteiger partial charge is 0.0521 e. The van der Waals surface area contributed by atoms with Crippen LogP contribution in [0, 0.1) is 5.92 Å². The second-order valence-corrected chi connectivity index (χ2v) is 5.84. The molecule has 2 heterocycles. The highest BCUT2D eigenvalue weighted by atomic mass is 32.2. The van der Waals surface area contributed by atoms with Gasteiger partial charge in [-0.1, -0.05) is 6.92 Å². The minimum Gasteiger partial charge on any atom is -0.313 e. The summed E-state index contributed by atoms with van der Waals surface area (Å²) in [7, 11) is 0. The number of nitrogens with one attached hydrogen (secondary N) is 1. The predicted molar refractivity (Wildman–Crippen MR) is 74.5 cm³/mol. The van der Waals surface area contributed by atoms with Crippen molar-refractivity contribution in [1.82, 2.24) is 15.1 Å². The molecule has 1 fully saturated rings. The van der Waals surface area contributed by atoms with Gasteiger partial charge in [0.1, 0.15) is 0 Å². The van der Waals surface area contributed by atoms with E-state index in [-0.39, 0.29) is 0 Å². The van der Waals surface area contributed by atoms with Crippen LogP contribution in [0.2, 0.25) is 0 Å². The Morgan fingerprint density at radius 1 is 1.47 bits per heavy atom. The van der Waals surface area contributed by atoms with E-state index in [9.17, 15) is 0 Å². The summed E-state index contributed by atoms with van der Waals surface area (Å²) in [6, 6.07) is 0.699. The zero-order valence-corrected chi connectivity index (χ0v) is 11.7. The SMILES string of the molecule is CCCNC1CSCC1Cc1cnn(CC)c1. The lowest BCUT2D eigenvalue weighted by Crippen LogP contribution is -2.36. The molecular formula is C13H23N3S. The fourth-order valence-corrected chi connectivity index (χ4v) is 3.78. The van der Waals surface area contributed by atoms with Crippen LogP contribution in [-0.2, 0) is 13.0 Å². The first-order valence-electron chi connectivity index (χ1n) is 6.66. The van der Waals surface area contributed by atoms with Crippen molar-refractivity contribution < 1.29 is 0 Å². The highest BCUT2D eigenvalue weighted by molar-refractivity contribution is 7.99. The summed E-state index contributed by atoms with van der Waals surface area (Å²) in [4.78, 5) is 0. The molecule has 2 rings (SSSR count). The average Bonchev–Trinajstić information content (AvgIpc) is 2.96. The molecular weight excluding hydrogens is 230 g/mol. The van der Waals surface area contributed by atoms with Gasteiger partial charge in [0.25, 0.3) is 0 Å². The minimum atomic E-state index is 0.699. The van der Waals surface area contributed by atoms with Gasteiger partial charge in [-0.15, -0.1) is 0 Å². The van der Waals surface area contributed by atoms with E-state index in [4.69, 9.17) is 0 Å². The van der Waals surface area contributed by atoms with Crippen molar-refractivity contribution >= 4 is 11.8 Å². The third kappa shape index (κ3) is 3.49.